The second-order valence-corrected chi connectivity index (χ2v) is 6.59. The van der Waals surface area contributed by atoms with Crippen LogP contribution in [0.25, 0.3) is 10.6 Å². The maximum absolute atomic E-state index is 13.7. The van der Waals surface area contributed by atoms with Crippen molar-refractivity contribution in [3.05, 3.63) is 70.2 Å². The third-order valence-electron chi connectivity index (χ3n) is 3.62. The van der Waals surface area contributed by atoms with Gasteiger partial charge in [-0.15, -0.1) is 11.3 Å². The van der Waals surface area contributed by atoms with Crippen molar-refractivity contribution >= 4 is 22.9 Å². The fourth-order valence-corrected chi connectivity index (χ4v) is 3.29. The zero-order valence-electron chi connectivity index (χ0n) is 13.7. The number of amides is 1. The molecule has 0 aliphatic carbocycles. The highest BCUT2D eigenvalue weighted by atomic mass is 32.1. The first-order valence-corrected chi connectivity index (χ1v) is 8.38. The van der Waals surface area contributed by atoms with Crippen LogP contribution in [0.1, 0.15) is 20.9 Å². The molecule has 3 aromatic rings. The molecule has 0 aliphatic heterocycles. The number of nitrogens with zero attached hydrogens (tertiary/aromatic N) is 1. The summed E-state index contributed by atoms with van der Waals surface area (Å²) in [5.41, 5.74) is -0.542. The largest absolute Gasteiger partial charge is 0.416 e. The van der Waals surface area contributed by atoms with Gasteiger partial charge in [0.25, 0.3) is 5.91 Å². The van der Waals surface area contributed by atoms with Gasteiger partial charge in [0.2, 0.25) is 0 Å². The lowest BCUT2D eigenvalue weighted by Crippen LogP contribution is -2.12. The number of hydrogen-bond acceptors (Lipinski definition) is 3. The molecular formula is C18H11F5N2OS. The van der Waals surface area contributed by atoms with Crippen LogP contribution in [-0.4, -0.2) is 10.9 Å². The van der Waals surface area contributed by atoms with E-state index in [0.717, 1.165) is 35.6 Å². The lowest BCUT2D eigenvalue weighted by molar-refractivity contribution is -0.137. The van der Waals surface area contributed by atoms with E-state index in [4.69, 9.17) is 0 Å². The number of thiazole rings is 1. The summed E-state index contributed by atoms with van der Waals surface area (Å²) in [5.74, 6) is -2.41. The SMILES string of the molecule is Cc1nc(-c2cccc(C(F)(F)F)c2)sc1C(=O)Nc1ccc(F)cc1F. The van der Waals surface area contributed by atoms with Crippen LogP contribution in [0.15, 0.2) is 42.5 Å². The average molecular weight is 398 g/mol. The molecule has 3 nitrogen and oxygen atoms in total. The summed E-state index contributed by atoms with van der Waals surface area (Å²) in [4.78, 5) is 16.6. The maximum atomic E-state index is 13.7. The Morgan fingerprint density at radius 2 is 1.85 bits per heavy atom. The summed E-state index contributed by atoms with van der Waals surface area (Å²) < 4.78 is 65.2. The van der Waals surface area contributed by atoms with Gasteiger partial charge in [-0.1, -0.05) is 12.1 Å². The standard InChI is InChI=1S/C18H11F5N2OS/c1-9-15(16(26)25-14-6-5-12(19)8-13(14)20)27-17(24-9)10-3-2-4-11(7-10)18(21,22)23/h2-8H,1H3,(H,25,26). The van der Waals surface area contributed by atoms with Gasteiger partial charge in [-0.3, -0.25) is 4.79 Å². The van der Waals surface area contributed by atoms with Crippen LogP contribution in [0, 0.1) is 18.6 Å². The quantitative estimate of drug-likeness (QED) is 0.578. The van der Waals surface area contributed by atoms with Crippen molar-refractivity contribution < 1.29 is 26.7 Å². The molecule has 27 heavy (non-hydrogen) atoms. The van der Waals surface area contributed by atoms with Crippen LogP contribution in [0.4, 0.5) is 27.6 Å². The summed E-state index contributed by atoms with van der Waals surface area (Å²) in [6.07, 6.45) is -4.50. The second-order valence-electron chi connectivity index (χ2n) is 5.59. The smallest absolute Gasteiger partial charge is 0.319 e. The molecule has 0 unspecified atom stereocenters. The number of aryl methyl sites for hydroxylation is 1. The minimum absolute atomic E-state index is 0.117. The fraction of sp³-hybridized carbons (Fsp3) is 0.111. The van der Waals surface area contributed by atoms with Gasteiger partial charge in [-0.05, 0) is 31.2 Å². The Balaban J connectivity index is 1.89. The van der Waals surface area contributed by atoms with Crippen molar-refractivity contribution in [3.8, 4) is 10.6 Å². The molecule has 0 spiro atoms. The number of benzene rings is 2. The molecule has 0 saturated heterocycles. The first-order chi connectivity index (χ1) is 12.6. The Morgan fingerprint density at radius 3 is 2.52 bits per heavy atom. The summed E-state index contributed by atoms with van der Waals surface area (Å²) >= 11 is 0.881. The Kier molecular flexibility index (Phi) is 4.97. The summed E-state index contributed by atoms with van der Waals surface area (Å²) in [5, 5.41) is 2.53. The zero-order chi connectivity index (χ0) is 19.8. The minimum atomic E-state index is -4.50. The number of aromatic nitrogens is 1. The number of carbonyl (C=O) groups is 1. The number of alkyl halides is 3. The first kappa shape index (κ1) is 19.0. The van der Waals surface area contributed by atoms with Crippen LogP contribution < -0.4 is 5.32 Å². The van der Waals surface area contributed by atoms with Gasteiger partial charge in [0.15, 0.2) is 0 Å². The van der Waals surface area contributed by atoms with E-state index in [2.05, 4.69) is 10.3 Å². The van der Waals surface area contributed by atoms with Gasteiger partial charge >= 0.3 is 6.18 Å². The number of rotatable bonds is 3. The molecule has 1 heterocycles. The van der Waals surface area contributed by atoms with Crippen molar-refractivity contribution in [2.45, 2.75) is 13.1 Å². The molecular weight excluding hydrogens is 387 g/mol. The topological polar surface area (TPSA) is 42.0 Å². The van der Waals surface area contributed by atoms with E-state index in [-0.39, 0.29) is 26.8 Å². The molecule has 1 aromatic heterocycles. The molecule has 0 aliphatic rings. The predicted octanol–water partition coefficient (Wildman–Crippen LogP) is 5.67. The molecule has 0 atom stereocenters. The van der Waals surface area contributed by atoms with E-state index in [9.17, 15) is 26.7 Å². The molecule has 2 aromatic carbocycles. The van der Waals surface area contributed by atoms with Crippen LogP contribution in [0.2, 0.25) is 0 Å². The molecule has 140 valence electrons. The zero-order valence-corrected chi connectivity index (χ0v) is 14.5. The lowest BCUT2D eigenvalue weighted by atomic mass is 10.1. The Bertz CT molecular complexity index is 1010. The van der Waals surface area contributed by atoms with Crippen LogP contribution >= 0.6 is 11.3 Å². The number of nitrogens with one attached hydrogen (secondary N) is 1. The second kappa shape index (κ2) is 7.07. The van der Waals surface area contributed by atoms with Gasteiger partial charge in [-0.25, -0.2) is 13.8 Å². The third kappa shape index (κ3) is 4.13. The Hall–Kier alpha value is -2.81. The number of anilines is 1. The fourth-order valence-electron chi connectivity index (χ4n) is 2.33. The molecule has 1 N–H and O–H groups in total. The summed E-state index contributed by atoms with van der Waals surface area (Å²) in [7, 11) is 0. The number of carbonyl (C=O) groups excluding carboxylic acids is 1. The molecule has 0 radical (unpaired) electrons. The van der Waals surface area contributed by atoms with Crippen LogP contribution in [0.5, 0.6) is 0 Å². The van der Waals surface area contributed by atoms with Crippen LogP contribution in [0.3, 0.4) is 0 Å². The molecule has 0 bridgehead atoms. The number of hydrogen-bond donors (Lipinski definition) is 1. The van der Waals surface area contributed by atoms with E-state index >= 15 is 0 Å². The van der Waals surface area contributed by atoms with Crippen molar-refractivity contribution in [3.63, 3.8) is 0 Å². The highest BCUT2D eigenvalue weighted by Gasteiger charge is 2.30. The molecule has 0 fully saturated rings. The Labute approximate surface area is 154 Å². The van der Waals surface area contributed by atoms with Gasteiger partial charge in [-0.2, -0.15) is 13.2 Å². The van der Waals surface area contributed by atoms with Crippen molar-refractivity contribution in [2.24, 2.45) is 0 Å². The van der Waals surface area contributed by atoms with Gasteiger partial charge in [0, 0.05) is 11.6 Å². The average Bonchev–Trinajstić information content (AvgIpc) is 2.99. The molecule has 1 amide bonds. The van der Waals surface area contributed by atoms with E-state index in [1.165, 1.54) is 19.1 Å². The Morgan fingerprint density at radius 1 is 1.11 bits per heavy atom. The molecule has 9 heteroatoms. The van der Waals surface area contributed by atoms with Crippen molar-refractivity contribution in [2.75, 3.05) is 5.32 Å². The van der Waals surface area contributed by atoms with E-state index in [0.29, 0.717) is 6.07 Å². The normalized spacial score (nSPS) is 11.5. The number of halogens is 5. The lowest BCUT2D eigenvalue weighted by Gasteiger charge is -2.07. The van der Waals surface area contributed by atoms with E-state index in [1.807, 2.05) is 0 Å². The molecule has 3 rings (SSSR count). The van der Waals surface area contributed by atoms with E-state index in [1.54, 1.807) is 0 Å². The predicted molar refractivity (Wildman–Crippen MR) is 91.6 cm³/mol. The van der Waals surface area contributed by atoms with Crippen molar-refractivity contribution in [1.82, 2.24) is 4.98 Å². The van der Waals surface area contributed by atoms with Gasteiger partial charge in [0.1, 0.15) is 21.5 Å². The first-order valence-electron chi connectivity index (χ1n) is 7.56. The third-order valence-corrected chi connectivity index (χ3v) is 4.82. The summed E-state index contributed by atoms with van der Waals surface area (Å²) in [6.45, 7) is 1.52. The molecule has 0 saturated carbocycles. The monoisotopic (exact) mass is 398 g/mol. The van der Waals surface area contributed by atoms with Crippen molar-refractivity contribution in [1.29, 1.82) is 0 Å². The van der Waals surface area contributed by atoms with Crippen LogP contribution in [-0.2, 0) is 6.18 Å². The highest BCUT2D eigenvalue weighted by Crippen LogP contribution is 2.34. The van der Waals surface area contributed by atoms with Gasteiger partial charge < -0.3 is 5.32 Å². The van der Waals surface area contributed by atoms with Gasteiger partial charge in [0.05, 0.1) is 16.9 Å². The highest BCUT2D eigenvalue weighted by molar-refractivity contribution is 7.17. The minimum Gasteiger partial charge on any atom is -0.319 e. The summed E-state index contributed by atoms with van der Waals surface area (Å²) in [6, 6.07) is 7.29. The maximum Gasteiger partial charge on any atom is 0.416 e. The van der Waals surface area contributed by atoms with E-state index < -0.39 is 29.3 Å².